The SMILES string of the molecule is COCCNC(=O)c1cc2c([nH]c1=O)C[C@@H](c1ccccc1)CC2=O. The van der Waals surface area contributed by atoms with Crippen LogP contribution in [0.5, 0.6) is 0 Å². The first-order valence-corrected chi connectivity index (χ1v) is 8.21. The van der Waals surface area contributed by atoms with Crippen LogP contribution in [0.4, 0.5) is 0 Å². The summed E-state index contributed by atoms with van der Waals surface area (Å²) in [4.78, 5) is 39.6. The standard InChI is InChI=1S/C19H20N2O4/c1-25-8-7-20-18(23)15-11-14-16(21-19(15)24)9-13(10-17(14)22)12-5-3-2-4-6-12/h2-6,11,13H,7-10H2,1H3,(H,20,23)(H,21,24)/t13-/m1/s1. The molecule has 1 aromatic heterocycles. The van der Waals surface area contributed by atoms with Crippen molar-refractivity contribution >= 4 is 11.7 Å². The van der Waals surface area contributed by atoms with Crippen LogP contribution in [-0.2, 0) is 11.2 Å². The smallest absolute Gasteiger partial charge is 0.261 e. The van der Waals surface area contributed by atoms with Crippen molar-refractivity contribution in [2.75, 3.05) is 20.3 Å². The number of ether oxygens (including phenoxy) is 1. The summed E-state index contributed by atoms with van der Waals surface area (Å²) in [6, 6.07) is 11.2. The number of rotatable bonds is 5. The number of fused-ring (bicyclic) bond motifs is 1. The van der Waals surface area contributed by atoms with Crippen LogP contribution in [0.3, 0.4) is 0 Å². The third-order valence-corrected chi connectivity index (χ3v) is 4.41. The van der Waals surface area contributed by atoms with Gasteiger partial charge in [-0.05, 0) is 24.0 Å². The monoisotopic (exact) mass is 340 g/mol. The van der Waals surface area contributed by atoms with Crippen molar-refractivity contribution in [3.8, 4) is 0 Å². The highest BCUT2D eigenvalue weighted by molar-refractivity contribution is 6.02. The zero-order valence-corrected chi connectivity index (χ0v) is 14.0. The molecule has 3 rings (SSSR count). The average Bonchev–Trinajstić information content (AvgIpc) is 2.62. The van der Waals surface area contributed by atoms with Gasteiger partial charge in [-0.15, -0.1) is 0 Å². The van der Waals surface area contributed by atoms with Crippen LogP contribution in [0.25, 0.3) is 0 Å². The lowest BCUT2D eigenvalue weighted by molar-refractivity contribution is 0.0935. The molecule has 0 radical (unpaired) electrons. The predicted molar refractivity (Wildman–Crippen MR) is 93.1 cm³/mol. The van der Waals surface area contributed by atoms with Gasteiger partial charge in [-0.3, -0.25) is 14.4 Å². The Labute approximate surface area is 145 Å². The van der Waals surface area contributed by atoms with E-state index in [0.29, 0.717) is 37.3 Å². The summed E-state index contributed by atoms with van der Waals surface area (Å²) in [6.07, 6.45) is 0.944. The Hall–Kier alpha value is -2.73. The number of benzene rings is 1. The minimum atomic E-state index is -0.501. The summed E-state index contributed by atoms with van der Waals surface area (Å²) in [5.41, 5.74) is 1.59. The second kappa shape index (κ2) is 7.44. The number of aromatic nitrogens is 1. The molecule has 2 N–H and O–H groups in total. The zero-order chi connectivity index (χ0) is 17.8. The van der Waals surface area contributed by atoms with Gasteiger partial charge in [0.05, 0.1) is 6.61 Å². The molecule has 0 aliphatic heterocycles. The van der Waals surface area contributed by atoms with E-state index in [0.717, 1.165) is 5.56 Å². The van der Waals surface area contributed by atoms with Gasteiger partial charge in [0.2, 0.25) is 0 Å². The molecule has 2 aromatic rings. The van der Waals surface area contributed by atoms with E-state index in [1.54, 1.807) is 0 Å². The highest BCUT2D eigenvalue weighted by atomic mass is 16.5. The number of H-pyrrole nitrogens is 1. The van der Waals surface area contributed by atoms with Crippen LogP contribution in [0.15, 0.2) is 41.2 Å². The predicted octanol–water partition coefficient (Wildman–Crippen LogP) is 1.66. The molecule has 6 heteroatoms. The molecule has 0 fully saturated rings. The lowest BCUT2D eigenvalue weighted by atomic mass is 9.81. The van der Waals surface area contributed by atoms with Gasteiger partial charge in [0.15, 0.2) is 5.78 Å². The van der Waals surface area contributed by atoms with Gasteiger partial charge >= 0.3 is 0 Å². The maximum Gasteiger partial charge on any atom is 0.261 e. The van der Waals surface area contributed by atoms with E-state index >= 15 is 0 Å². The van der Waals surface area contributed by atoms with Crippen molar-refractivity contribution in [3.05, 3.63) is 69.1 Å². The van der Waals surface area contributed by atoms with Crippen LogP contribution in [0, 0.1) is 0 Å². The Balaban J connectivity index is 1.86. The molecule has 1 atom stereocenters. The first-order valence-electron chi connectivity index (χ1n) is 8.21. The van der Waals surface area contributed by atoms with E-state index in [9.17, 15) is 14.4 Å². The number of methoxy groups -OCH3 is 1. The Morgan fingerprint density at radius 2 is 2.00 bits per heavy atom. The topological polar surface area (TPSA) is 88.3 Å². The number of hydrogen-bond acceptors (Lipinski definition) is 4. The number of Topliss-reactive ketones (excluding diaryl/α,β-unsaturated/α-hetero) is 1. The number of hydrogen-bond donors (Lipinski definition) is 2. The summed E-state index contributed by atoms with van der Waals surface area (Å²) in [7, 11) is 1.53. The van der Waals surface area contributed by atoms with Crippen LogP contribution in [-0.4, -0.2) is 36.9 Å². The first kappa shape index (κ1) is 17.1. The third-order valence-electron chi connectivity index (χ3n) is 4.41. The number of carbonyl (C=O) groups excluding carboxylic acids is 2. The Bertz CT molecular complexity index is 842. The van der Waals surface area contributed by atoms with E-state index in [1.807, 2.05) is 30.3 Å². The molecule has 1 heterocycles. The average molecular weight is 340 g/mol. The first-order chi connectivity index (χ1) is 12.1. The van der Waals surface area contributed by atoms with Gasteiger partial charge in [-0.1, -0.05) is 30.3 Å². The van der Waals surface area contributed by atoms with Gasteiger partial charge in [0, 0.05) is 31.3 Å². The molecule has 0 saturated carbocycles. The van der Waals surface area contributed by atoms with Gasteiger partial charge in [0.1, 0.15) is 5.56 Å². The molecule has 25 heavy (non-hydrogen) atoms. The normalized spacial score (nSPS) is 16.4. The number of nitrogens with one attached hydrogen (secondary N) is 2. The molecule has 0 saturated heterocycles. The summed E-state index contributed by atoms with van der Waals surface area (Å²) in [6.45, 7) is 0.655. The minimum absolute atomic E-state index is 0.0400. The number of amides is 1. The summed E-state index contributed by atoms with van der Waals surface area (Å²) in [5.74, 6) is -0.519. The fraction of sp³-hybridized carbons (Fsp3) is 0.316. The van der Waals surface area contributed by atoms with Crippen molar-refractivity contribution in [1.82, 2.24) is 10.3 Å². The van der Waals surface area contributed by atoms with E-state index in [1.165, 1.54) is 13.2 Å². The zero-order valence-electron chi connectivity index (χ0n) is 14.0. The number of aromatic amines is 1. The van der Waals surface area contributed by atoms with E-state index in [-0.39, 0.29) is 17.3 Å². The molecule has 0 unspecified atom stereocenters. The molecule has 130 valence electrons. The highest BCUT2D eigenvalue weighted by Gasteiger charge is 2.28. The molecule has 1 aliphatic rings. The number of carbonyl (C=O) groups is 2. The van der Waals surface area contributed by atoms with Crippen LogP contribution < -0.4 is 10.9 Å². The van der Waals surface area contributed by atoms with Crippen molar-refractivity contribution in [2.24, 2.45) is 0 Å². The van der Waals surface area contributed by atoms with Gasteiger partial charge < -0.3 is 15.0 Å². The Morgan fingerprint density at radius 1 is 1.24 bits per heavy atom. The lowest BCUT2D eigenvalue weighted by Crippen LogP contribution is -2.34. The summed E-state index contributed by atoms with van der Waals surface area (Å²) in [5, 5.41) is 2.60. The van der Waals surface area contributed by atoms with Gasteiger partial charge in [-0.2, -0.15) is 0 Å². The molecule has 0 spiro atoms. The highest BCUT2D eigenvalue weighted by Crippen LogP contribution is 2.31. The van der Waals surface area contributed by atoms with E-state index in [2.05, 4.69) is 10.3 Å². The second-order valence-electron chi connectivity index (χ2n) is 6.09. The molecule has 1 amide bonds. The van der Waals surface area contributed by atoms with Crippen LogP contribution in [0.2, 0.25) is 0 Å². The van der Waals surface area contributed by atoms with Crippen molar-refractivity contribution in [2.45, 2.75) is 18.8 Å². The fourth-order valence-corrected chi connectivity index (χ4v) is 3.12. The molecular formula is C19H20N2O4. The molecule has 1 aliphatic carbocycles. The quantitative estimate of drug-likeness (QED) is 0.810. The summed E-state index contributed by atoms with van der Waals surface area (Å²) >= 11 is 0. The van der Waals surface area contributed by atoms with Crippen LogP contribution >= 0.6 is 0 Å². The third kappa shape index (κ3) is 3.69. The van der Waals surface area contributed by atoms with Crippen molar-refractivity contribution < 1.29 is 14.3 Å². The van der Waals surface area contributed by atoms with Crippen molar-refractivity contribution in [1.29, 1.82) is 0 Å². The van der Waals surface area contributed by atoms with Crippen LogP contribution in [0.1, 0.15) is 44.3 Å². The van der Waals surface area contributed by atoms with Crippen molar-refractivity contribution in [3.63, 3.8) is 0 Å². The lowest BCUT2D eigenvalue weighted by Gasteiger charge is -2.24. The second-order valence-corrected chi connectivity index (χ2v) is 6.09. The van der Waals surface area contributed by atoms with Gasteiger partial charge in [0.25, 0.3) is 11.5 Å². The van der Waals surface area contributed by atoms with E-state index in [4.69, 9.17) is 4.74 Å². The number of pyridine rings is 1. The minimum Gasteiger partial charge on any atom is -0.383 e. The van der Waals surface area contributed by atoms with Gasteiger partial charge in [-0.25, -0.2) is 0 Å². The molecule has 6 nitrogen and oxygen atoms in total. The Kier molecular flexibility index (Phi) is 5.09. The summed E-state index contributed by atoms with van der Waals surface area (Å²) < 4.78 is 4.86. The maximum atomic E-state index is 12.5. The largest absolute Gasteiger partial charge is 0.383 e. The Morgan fingerprint density at radius 3 is 2.72 bits per heavy atom. The molecule has 1 aromatic carbocycles. The molecular weight excluding hydrogens is 320 g/mol. The van der Waals surface area contributed by atoms with E-state index < -0.39 is 11.5 Å². The number of ketones is 1. The fourth-order valence-electron chi connectivity index (χ4n) is 3.12. The molecule has 0 bridgehead atoms. The maximum absolute atomic E-state index is 12.5.